The Hall–Kier alpha value is -0.650. The summed E-state index contributed by atoms with van der Waals surface area (Å²) in [5.74, 6) is 0.0541. The first-order chi connectivity index (χ1) is 7.63. The number of hydrogen-bond acceptors (Lipinski definition) is 4. The molecular weight excluding hydrogens is 204 g/mol. The van der Waals surface area contributed by atoms with Crippen LogP contribution in [0.25, 0.3) is 0 Å². The molecule has 1 fully saturated rings. The quantitative estimate of drug-likeness (QED) is 0.631. The van der Waals surface area contributed by atoms with Crippen LogP contribution in [-0.4, -0.2) is 75.1 Å². The fraction of sp³-hybridized carbons (Fsp3) is 0.909. The van der Waals surface area contributed by atoms with E-state index in [4.69, 9.17) is 0 Å². The number of nitrogens with one attached hydrogen (secondary N) is 2. The van der Waals surface area contributed by atoms with E-state index in [9.17, 15) is 4.79 Å². The smallest absolute Gasteiger partial charge is 0.236 e. The van der Waals surface area contributed by atoms with E-state index in [0.29, 0.717) is 0 Å². The number of nitrogens with zero attached hydrogens (tertiary/aromatic N) is 2. The van der Waals surface area contributed by atoms with Crippen LogP contribution in [0.5, 0.6) is 0 Å². The summed E-state index contributed by atoms with van der Waals surface area (Å²) in [4.78, 5) is 16.0. The number of rotatable bonds is 5. The number of likely N-dealkylation sites (N-methyl/N-ethyl adjacent to an activating group) is 2. The van der Waals surface area contributed by atoms with Crippen LogP contribution in [0.15, 0.2) is 0 Å². The summed E-state index contributed by atoms with van der Waals surface area (Å²) in [5, 5.41) is 5.86. The Morgan fingerprint density at radius 1 is 1.31 bits per heavy atom. The van der Waals surface area contributed by atoms with Gasteiger partial charge in [0.15, 0.2) is 0 Å². The van der Waals surface area contributed by atoms with Crippen molar-refractivity contribution in [3.8, 4) is 0 Å². The van der Waals surface area contributed by atoms with E-state index in [1.54, 1.807) is 7.05 Å². The molecule has 0 aromatic rings. The number of amides is 1. The van der Waals surface area contributed by atoms with Gasteiger partial charge >= 0.3 is 0 Å². The molecule has 5 nitrogen and oxygen atoms in total. The molecule has 0 aromatic heterocycles. The molecule has 1 saturated heterocycles. The summed E-state index contributed by atoms with van der Waals surface area (Å²) in [6.45, 7) is 8.34. The van der Waals surface area contributed by atoms with Gasteiger partial charge in [0.25, 0.3) is 0 Å². The Kier molecular flexibility index (Phi) is 5.73. The molecule has 2 N–H and O–H groups in total. The van der Waals surface area contributed by atoms with Gasteiger partial charge in [-0.05, 0) is 14.0 Å². The predicted octanol–water partition coefficient (Wildman–Crippen LogP) is -1.04. The largest absolute Gasteiger partial charge is 0.358 e. The van der Waals surface area contributed by atoms with Crippen molar-refractivity contribution in [1.29, 1.82) is 0 Å². The molecule has 1 heterocycles. The highest BCUT2D eigenvalue weighted by molar-refractivity contribution is 5.80. The van der Waals surface area contributed by atoms with Gasteiger partial charge in [0.1, 0.15) is 0 Å². The van der Waals surface area contributed by atoms with Gasteiger partial charge < -0.3 is 15.5 Å². The Morgan fingerprint density at radius 3 is 2.50 bits per heavy atom. The maximum absolute atomic E-state index is 11.2. The summed E-state index contributed by atoms with van der Waals surface area (Å²) < 4.78 is 0. The van der Waals surface area contributed by atoms with Crippen molar-refractivity contribution < 1.29 is 4.79 Å². The summed E-state index contributed by atoms with van der Waals surface area (Å²) in [5.41, 5.74) is 0. The zero-order valence-corrected chi connectivity index (χ0v) is 10.6. The third-order valence-corrected chi connectivity index (χ3v) is 3.11. The van der Waals surface area contributed by atoms with Crippen LogP contribution in [0.1, 0.15) is 6.92 Å². The third-order valence-electron chi connectivity index (χ3n) is 3.11. The van der Waals surface area contributed by atoms with E-state index in [1.807, 2.05) is 6.92 Å². The average Bonchev–Trinajstić information content (AvgIpc) is 2.30. The number of hydrogen-bond donors (Lipinski definition) is 2. The second kappa shape index (κ2) is 6.83. The fourth-order valence-electron chi connectivity index (χ4n) is 1.82. The van der Waals surface area contributed by atoms with Crippen molar-refractivity contribution in [2.24, 2.45) is 0 Å². The molecule has 1 unspecified atom stereocenters. The highest BCUT2D eigenvalue weighted by atomic mass is 16.2. The Balaban J connectivity index is 2.09. The summed E-state index contributed by atoms with van der Waals surface area (Å²) in [6.07, 6.45) is 0. The molecule has 0 radical (unpaired) electrons. The fourth-order valence-corrected chi connectivity index (χ4v) is 1.82. The molecule has 1 atom stereocenters. The molecule has 0 aliphatic carbocycles. The summed E-state index contributed by atoms with van der Waals surface area (Å²) in [7, 11) is 3.82. The zero-order valence-electron chi connectivity index (χ0n) is 10.6. The van der Waals surface area contributed by atoms with Crippen molar-refractivity contribution in [2.45, 2.75) is 13.0 Å². The van der Waals surface area contributed by atoms with E-state index in [-0.39, 0.29) is 11.9 Å². The maximum atomic E-state index is 11.2. The molecule has 1 amide bonds. The van der Waals surface area contributed by atoms with Crippen molar-refractivity contribution in [3.05, 3.63) is 0 Å². The standard InChI is InChI=1S/C11H24N4O/c1-10(11(16)12-2)13-4-5-15-8-6-14(3)7-9-15/h10,13H,4-9H2,1-3H3,(H,12,16). The van der Waals surface area contributed by atoms with Crippen LogP contribution in [0.4, 0.5) is 0 Å². The van der Waals surface area contributed by atoms with Crippen molar-refractivity contribution >= 4 is 5.91 Å². The number of carbonyl (C=O) groups excluding carboxylic acids is 1. The lowest BCUT2D eigenvalue weighted by atomic mass is 10.3. The van der Waals surface area contributed by atoms with E-state index in [0.717, 1.165) is 39.3 Å². The summed E-state index contributed by atoms with van der Waals surface area (Å²) in [6, 6.07) is -0.0996. The van der Waals surface area contributed by atoms with Gasteiger partial charge in [-0.3, -0.25) is 9.69 Å². The molecule has 0 saturated carbocycles. The molecule has 94 valence electrons. The number of carbonyl (C=O) groups is 1. The maximum Gasteiger partial charge on any atom is 0.236 e. The van der Waals surface area contributed by atoms with Crippen LogP contribution >= 0.6 is 0 Å². The van der Waals surface area contributed by atoms with Crippen LogP contribution in [0.3, 0.4) is 0 Å². The minimum Gasteiger partial charge on any atom is -0.358 e. The molecule has 1 aliphatic rings. The lowest BCUT2D eigenvalue weighted by Crippen LogP contribution is -2.48. The van der Waals surface area contributed by atoms with Crippen LogP contribution in [0, 0.1) is 0 Å². The van der Waals surface area contributed by atoms with E-state index < -0.39 is 0 Å². The Morgan fingerprint density at radius 2 is 1.94 bits per heavy atom. The van der Waals surface area contributed by atoms with Gasteiger partial charge in [-0.15, -0.1) is 0 Å². The zero-order chi connectivity index (χ0) is 12.0. The third kappa shape index (κ3) is 4.47. The van der Waals surface area contributed by atoms with Crippen molar-refractivity contribution in [2.75, 3.05) is 53.4 Å². The average molecular weight is 228 g/mol. The second-order valence-electron chi connectivity index (χ2n) is 4.43. The second-order valence-corrected chi connectivity index (χ2v) is 4.43. The van der Waals surface area contributed by atoms with Gasteiger partial charge in [0.2, 0.25) is 5.91 Å². The molecule has 16 heavy (non-hydrogen) atoms. The normalized spacial score (nSPS) is 20.7. The van der Waals surface area contributed by atoms with Gasteiger partial charge in [0.05, 0.1) is 6.04 Å². The minimum absolute atomic E-state index is 0.0541. The van der Waals surface area contributed by atoms with E-state index in [1.165, 1.54) is 0 Å². The first-order valence-electron chi connectivity index (χ1n) is 5.99. The lowest BCUT2D eigenvalue weighted by Gasteiger charge is -2.32. The van der Waals surface area contributed by atoms with Gasteiger partial charge in [0, 0.05) is 46.3 Å². The highest BCUT2D eigenvalue weighted by Crippen LogP contribution is 1.97. The van der Waals surface area contributed by atoms with Crippen LogP contribution in [0.2, 0.25) is 0 Å². The molecule has 1 rings (SSSR count). The Labute approximate surface area is 98.2 Å². The molecule has 0 bridgehead atoms. The van der Waals surface area contributed by atoms with E-state index >= 15 is 0 Å². The molecule has 1 aliphatic heterocycles. The molecular formula is C11H24N4O. The highest BCUT2D eigenvalue weighted by Gasteiger charge is 2.14. The van der Waals surface area contributed by atoms with E-state index in [2.05, 4.69) is 27.5 Å². The first kappa shape index (κ1) is 13.4. The lowest BCUT2D eigenvalue weighted by molar-refractivity contribution is -0.122. The first-order valence-corrected chi connectivity index (χ1v) is 5.99. The SMILES string of the molecule is CNC(=O)C(C)NCCN1CCN(C)CC1. The predicted molar refractivity (Wildman–Crippen MR) is 65.5 cm³/mol. The summed E-state index contributed by atoms with van der Waals surface area (Å²) >= 11 is 0. The molecule has 0 spiro atoms. The van der Waals surface area contributed by atoms with Gasteiger partial charge in [-0.25, -0.2) is 0 Å². The van der Waals surface area contributed by atoms with Crippen molar-refractivity contribution in [1.82, 2.24) is 20.4 Å². The molecule has 5 heteroatoms. The van der Waals surface area contributed by atoms with Gasteiger partial charge in [-0.1, -0.05) is 0 Å². The van der Waals surface area contributed by atoms with Crippen molar-refractivity contribution in [3.63, 3.8) is 0 Å². The minimum atomic E-state index is -0.0996. The van der Waals surface area contributed by atoms with Crippen LogP contribution in [-0.2, 0) is 4.79 Å². The van der Waals surface area contributed by atoms with Crippen LogP contribution < -0.4 is 10.6 Å². The molecule has 0 aromatic carbocycles. The Bertz CT molecular complexity index is 214. The topological polar surface area (TPSA) is 47.6 Å². The van der Waals surface area contributed by atoms with Gasteiger partial charge in [-0.2, -0.15) is 0 Å². The number of piperazine rings is 1. The monoisotopic (exact) mass is 228 g/mol.